The van der Waals surface area contributed by atoms with Crippen LogP contribution in [0.4, 0.5) is 17.1 Å². The highest BCUT2D eigenvalue weighted by molar-refractivity contribution is 6.30. The molecule has 38 heavy (non-hydrogen) atoms. The third-order valence-electron chi connectivity index (χ3n) is 7.65. The van der Waals surface area contributed by atoms with E-state index in [2.05, 4.69) is 32.6 Å². The number of rotatable bonds is 8. The van der Waals surface area contributed by atoms with Gasteiger partial charge in [0.25, 0.3) is 5.91 Å². The fourth-order valence-corrected chi connectivity index (χ4v) is 5.73. The Bertz CT molecular complexity index is 1220. The maximum absolute atomic E-state index is 12.9. The predicted molar refractivity (Wildman–Crippen MR) is 156 cm³/mol. The molecule has 2 aliphatic heterocycles. The second-order valence-electron chi connectivity index (χ2n) is 10.3. The Morgan fingerprint density at radius 3 is 2.39 bits per heavy atom. The van der Waals surface area contributed by atoms with Crippen LogP contribution >= 0.6 is 11.6 Å². The van der Waals surface area contributed by atoms with E-state index in [-0.39, 0.29) is 5.91 Å². The molecule has 6 nitrogen and oxygen atoms in total. The summed E-state index contributed by atoms with van der Waals surface area (Å²) >= 11 is 6.09. The number of halogens is 1. The van der Waals surface area contributed by atoms with E-state index >= 15 is 0 Å². The highest BCUT2D eigenvalue weighted by Crippen LogP contribution is 2.30. The van der Waals surface area contributed by atoms with Gasteiger partial charge in [-0.2, -0.15) is 0 Å². The molecular formula is C31H37ClN4O2. The van der Waals surface area contributed by atoms with Crippen LogP contribution in [-0.4, -0.2) is 55.0 Å². The number of hydrogen-bond donors (Lipinski definition) is 2. The van der Waals surface area contributed by atoms with Gasteiger partial charge in [0.05, 0.1) is 12.8 Å². The number of ether oxygens (including phenoxy) is 1. The maximum Gasteiger partial charge on any atom is 0.255 e. The highest BCUT2D eigenvalue weighted by atomic mass is 35.5. The molecule has 3 aromatic carbocycles. The molecular weight excluding hydrogens is 496 g/mol. The molecule has 0 atom stereocenters. The van der Waals surface area contributed by atoms with E-state index in [0.717, 1.165) is 42.7 Å². The van der Waals surface area contributed by atoms with Gasteiger partial charge in [-0.1, -0.05) is 36.2 Å². The minimum absolute atomic E-state index is 0.176. The zero-order chi connectivity index (χ0) is 26.3. The molecule has 0 unspecified atom stereocenters. The molecule has 0 saturated carbocycles. The van der Waals surface area contributed by atoms with Crippen LogP contribution in [0.2, 0.25) is 5.02 Å². The van der Waals surface area contributed by atoms with Gasteiger partial charge in [0.2, 0.25) is 0 Å². The fraction of sp³-hybridized carbons (Fsp3) is 0.387. The number of carbonyl (C=O) groups is 1. The molecule has 2 fully saturated rings. The van der Waals surface area contributed by atoms with Gasteiger partial charge in [0, 0.05) is 34.5 Å². The second-order valence-corrected chi connectivity index (χ2v) is 10.7. The first-order valence-corrected chi connectivity index (χ1v) is 14.0. The average molecular weight is 533 g/mol. The van der Waals surface area contributed by atoms with E-state index < -0.39 is 0 Å². The van der Waals surface area contributed by atoms with Crippen LogP contribution in [0.15, 0.2) is 66.7 Å². The van der Waals surface area contributed by atoms with Crippen molar-refractivity contribution >= 4 is 34.6 Å². The molecule has 0 aromatic heterocycles. The van der Waals surface area contributed by atoms with Gasteiger partial charge in [-0.25, -0.2) is 0 Å². The highest BCUT2D eigenvalue weighted by Gasteiger charge is 2.25. The largest absolute Gasteiger partial charge is 0.495 e. The Balaban J connectivity index is 1.14. The van der Waals surface area contributed by atoms with Gasteiger partial charge in [0.1, 0.15) is 5.75 Å². The number of likely N-dealkylation sites (tertiary alicyclic amines) is 2. The summed E-state index contributed by atoms with van der Waals surface area (Å²) < 4.78 is 5.53. The molecule has 1 amide bonds. The monoisotopic (exact) mass is 532 g/mol. The molecule has 3 aromatic rings. The van der Waals surface area contributed by atoms with Gasteiger partial charge in [0.15, 0.2) is 0 Å². The number of carbonyl (C=O) groups excluding carboxylic acids is 1. The lowest BCUT2D eigenvalue weighted by atomic mass is 9.99. The number of methoxy groups -OCH3 is 1. The van der Waals surface area contributed by atoms with Crippen molar-refractivity contribution in [2.24, 2.45) is 0 Å². The summed E-state index contributed by atoms with van der Waals surface area (Å²) in [4.78, 5) is 18.2. The molecule has 0 aliphatic carbocycles. The summed E-state index contributed by atoms with van der Waals surface area (Å²) in [5.41, 5.74) is 4.19. The standard InChI is InChI=1S/C31H37ClN4O2/c1-38-30-20-24(10-13-29(30)33-27-7-5-6-25(32)21-27)31(37)34-26-11-8-23(9-12-26)22-35-18-14-28(15-19-35)36-16-3-2-4-17-36/h5-13,20-21,28,33H,2-4,14-19,22H2,1H3,(H,34,37). The summed E-state index contributed by atoms with van der Waals surface area (Å²) in [6.07, 6.45) is 6.66. The van der Waals surface area contributed by atoms with Crippen LogP contribution in [0.5, 0.6) is 5.75 Å². The molecule has 2 aliphatic rings. The number of piperidine rings is 2. The zero-order valence-electron chi connectivity index (χ0n) is 22.1. The van der Waals surface area contributed by atoms with Crippen LogP contribution in [0, 0.1) is 0 Å². The Kier molecular flexibility index (Phi) is 8.84. The van der Waals surface area contributed by atoms with E-state index in [4.69, 9.17) is 16.3 Å². The lowest BCUT2D eigenvalue weighted by Crippen LogP contribution is -2.46. The van der Waals surface area contributed by atoms with Crippen molar-refractivity contribution in [2.45, 2.75) is 44.7 Å². The Hall–Kier alpha value is -3.06. The van der Waals surface area contributed by atoms with Gasteiger partial charge < -0.3 is 20.3 Å². The van der Waals surface area contributed by atoms with E-state index in [1.807, 2.05) is 42.5 Å². The average Bonchev–Trinajstić information content (AvgIpc) is 2.95. The van der Waals surface area contributed by atoms with E-state index in [0.29, 0.717) is 16.3 Å². The van der Waals surface area contributed by atoms with Gasteiger partial charge in [-0.05, 0) is 106 Å². The van der Waals surface area contributed by atoms with Gasteiger partial charge >= 0.3 is 0 Å². The van der Waals surface area contributed by atoms with Crippen molar-refractivity contribution < 1.29 is 9.53 Å². The number of amides is 1. The second kappa shape index (κ2) is 12.7. The molecule has 2 saturated heterocycles. The van der Waals surface area contributed by atoms with Crippen molar-refractivity contribution in [1.29, 1.82) is 0 Å². The Morgan fingerprint density at radius 1 is 0.921 bits per heavy atom. The molecule has 5 rings (SSSR count). The molecule has 2 N–H and O–H groups in total. The van der Waals surface area contributed by atoms with Crippen LogP contribution in [-0.2, 0) is 6.54 Å². The minimum atomic E-state index is -0.176. The van der Waals surface area contributed by atoms with Crippen molar-refractivity contribution in [3.63, 3.8) is 0 Å². The molecule has 0 bridgehead atoms. The lowest BCUT2D eigenvalue weighted by molar-refractivity contribution is 0.0896. The van der Waals surface area contributed by atoms with E-state index in [1.54, 1.807) is 19.2 Å². The first-order valence-electron chi connectivity index (χ1n) is 13.6. The fourth-order valence-electron chi connectivity index (χ4n) is 5.54. The number of nitrogens with zero attached hydrogens (tertiary/aromatic N) is 2. The normalized spacial score (nSPS) is 17.2. The van der Waals surface area contributed by atoms with Gasteiger partial charge in [-0.15, -0.1) is 0 Å². The van der Waals surface area contributed by atoms with Crippen LogP contribution < -0.4 is 15.4 Å². The van der Waals surface area contributed by atoms with E-state index in [9.17, 15) is 4.79 Å². The summed E-state index contributed by atoms with van der Waals surface area (Å²) in [6, 6.07) is 21.8. The maximum atomic E-state index is 12.9. The predicted octanol–water partition coefficient (Wildman–Crippen LogP) is 6.79. The Morgan fingerprint density at radius 2 is 1.68 bits per heavy atom. The molecule has 0 radical (unpaired) electrons. The smallest absolute Gasteiger partial charge is 0.255 e. The van der Waals surface area contributed by atoms with Crippen molar-refractivity contribution in [3.8, 4) is 5.75 Å². The SMILES string of the molecule is COc1cc(C(=O)Nc2ccc(CN3CCC(N4CCCCC4)CC3)cc2)ccc1Nc1cccc(Cl)c1. The zero-order valence-corrected chi connectivity index (χ0v) is 22.8. The number of benzene rings is 3. The molecule has 200 valence electrons. The van der Waals surface area contributed by atoms with Crippen molar-refractivity contribution in [1.82, 2.24) is 9.80 Å². The first-order chi connectivity index (χ1) is 18.6. The minimum Gasteiger partial charge on any atom is -0.495 e. The van der Waals surface area contributed by atoms with Crippen LogP contribution in [0.1, 0.15) is 48.0 Å². The van der Waals surface area contributed by atoms with Gasteiger partial charge in [-0.3, -0.25) is 9.69 Å². The molecule has 0 spiro atoms. The van der Waals surface area contributed by atoms with Crippen LogP contribution in [0.25, 0.3) is 0 Å². The lowest BCUT2D eigenvalue weighted by Gasteiger charge is -2.40. The van der Waals surface area contributed by atoms with E-state index in [1.165, 1.54) is 50.8 Å². The quantitative estimate of drug-likeness (QED) is 0.334. The summed E-state index contributed by atoms with van der Waals surface area (Å²) in [5.74, 6) is 0.405. The molecule has 7 heteroatoms. The van der Waals surface area contributed by atoms with Crippen molar-refractivity contribution in [3.05, 3.63) is 82.9 Å². The summed E-state index contributed by atoms with van der Waals surface area (Å²) in [6.45, 7) is 5.84. The van der Waals surface area contributed by atoms with Crippen LogP contribution in [0.3, 0.4) is 0 Å². The number of nitrogens with one attached hydrogen (secondary N) is 2. The molecule has 2 heterocycles. The topological polar surface area (TPSA) is 56.8 Å². The first kappa shape index (κ1) is 26.5. The summed E-state index contributed by atoms with van der Waals surface area (Å²) in [5, 5.41) is 6.95. The number of hydrogen-bond acceptors (Lipinski definition) is 5. The van der Waals surface area contributed by atoms with Crippen molar-refractivity contribution in [2.75, 3.05) is 43.9 Å². The third kappa shape index (κ3) is 6.87. The Labute approximate surface area is 230 Å². The number of anilines is 3. The third-order valence-corrected chi connectivity index (χ3v) is 7.88. The summed E-state index contributed by atoms with van der Waals surface area (Å²) in [7, 11) is 1.59.